The van der Waals surface area contributed by atoms with Crippen LogP contribution in [0.25, 0.3) is 0 Å². The highest BCUT2D eigenvalue weighted by Gasteiger charge is 2.23. The summed E-state index contributed by atoms with van der Waals surface area (Å²) in [6.07, 6.45) is 3.03. The van der Waals surface area contributed by atoms with Crippen molar-refractivity contribution in [2.24, 2.45) is 5.92 Å². The fourth-order valence-corrected chi connectivity index (χ4v) is 2.39. The molecule has 0 aromatic heterocycles. The van der Waals surface area contributed by atoms with Gasteiger partial charge in [-0.1, -0.05) is 6.92 Å². The van der Waals surface area contributed by atoms with Gasteiger partial charge in [0.25, 0.3) is 0 Å². The molecule has 0 spiro atoms. The number of piperidine rings is 1. The largest absolute Gasteiger partial charge is 0.380 e. The van der Waals surface area contributed by atoms with E-state index < -0.39 is 0 Å². The maximum Gasteiger partial charge on any atom is 0.0667 e. The van der Waals surface area contributed by atoms with Gasteiger partial charge in [0.15, 0.2) is 0 Å². The molecule has 0 amide bonds. The van der Waals surface area contributed by atoms with Crippen LogP contribution in [0.1, 0.15) is 33.6 Å². The summed E-state index contributed by atoms with van der Waals surface area (Å²) in [4.78, 5) is 2.56. The van der Waals surface area contributed by atoms with Crippen molar-refractivity contribution in [3.63, 3.8) is 0 Å². The Morgan fingerprint density at radius 2 is 2.19 bits per heavy atom. The SMILES string of the molecule is CCN1CCCC(C(C)NCC(C)OC)C1. The molecule has 0 saturated carbocycles. The highest BCUT2D eigenvalue weighted by molar-refractivity contribution is 4.80. The lowest BCUT2D eigenvalue weighted by Gasteiger charge is -2.35. The van der Waals surface area contributed by atoms with Crippen LogP contribution in [0.2, 0.25) is 0 Å². The van der Waals surface area contributed by atoms with Gasteiger partial charge >= 0.3 is 0 Å². The summed E-state index contributed by atoms with van der Waals surface area (Å²) in [6.45, 7) is 11.4. The summed E-state index contributed by atoms with van der Waals surface area (Å²) < 4.78 is 5.26. The molecule has 96 valence electrons. The van der Waals surface area contributed by atoms with Gasteiger partial charge in [0.05, 0.1) is 6.10 Å². The maximum atomic E-state index is 5.26. The third kappa shape index (κ3) is 4.40. The molecule has 1 aliphatic rings. The van der Waals surface area contributed by atoms with Crippen molar-refractivity contribution in [2.75, 3.05) is 33.3 Å². The van der Waals surface area contributed by atoms with Crippen molar-refractivity contribution in [1.29, 1.82) is 0 Å². The number of nitrogens with zero attached hydrogens (tertiary/aromatic N) is 1. The lowest BCUT2D eigenvalue weighted by atomic mass is 9.91. The third-order valence-electron chi connectivity index (χ3n) is 3.83. The monoisotopic (exact) mass is 228 g/mol. The average molecular weight is 228 g/mol. The van der Waals surface area contributed by atoms with E-state index in [1.807, 2.05) is 0 Å². The minimum Gasteiger partial charge on any atom is -0.380 e. The summed E-state index contributed by atoms with van der Waals surface area (Å²) in [5, 5.41) is 3.60. The van der Waals surface area contributed by atoms with Crippen LogP contribution in [0.3, 0.4) is 0 Å². The summed E-state index contributed by atoms with van der Waals surface area (Å²) in [7, 11) is 1.77. The average Bonchev–Trinajstić information content (AvgIpc) is 2.35. The van der Waals surface area contributed by atoms with Gasteiger partial charge in [0.1, 0.15) is 0 Å². The Kier molecular flexibility index (Phi) is 6.32. The van der Waals surface area contributed by atoms with Gasteiger partial charge in [-0.3, -0.25) is 0 Å². The molecule has 0 bridgehead atoms. The molecule has 0 aromatic carbocycles. The third-order valence-corrected chi connectivity index (χ3v) is 3.83. The Morgan fingerprint density at radius 1 is 1.44 bits per heavy atom. The molecule has 1 saturated heterocycles. The van der Waals surface area contributed by atoms with Crippen LogP contribution in [0.4, 0.5) is 0 Å². The molecule has 16 heavy (non-hydrogen) atoms. The number of hydrogen-bond donors (Lipinski definition) is 1. The molecule has 1 fully saturated rings. The molecule has 0 radical (unpaired) electrons. The number of methoxy groups -OCH3 is 1. The van der Waals surface area contributed by atoms with E-state index in [1.54, 1.807) is 7.11 Å². The minimum atomic E-state index is 0.313. The predicted octanol–water partition coefficient (Wildman–Crippen LogP) is 1.73. The molecule has 0 aromatic rings. The van der Waals surface area contributed by atoms with E-state index in [0.29, 0.717) is 12.1 Å². The second-order valence-corrected chi connectivity index (χ2v) is 5.04. The van der Waals surface area contributed by atoms with Crippen LogP contribution in [0.5, 0.6) is 0 Å². The second-order valence-electron chi connectivity index (χ2n) is 5.04. The van der Waals surface area contributed by atoms with Crippen LogP contribution in [0.15, 0.2) is 0 Å². The summed E-state index contributed by atoms with van der Waals surface area (Å²) >= 11 is 0. The van der Waals surface area contributed by atoms with Crippen LogP contribution in [-0.2, 0) is 4.74 Å². The lowest BCUT2D eigenvalue weighted by molar-refractivity contribution is 0.104. The Morgan fingerprint density at radius 3 is 2.81 bits per heavy atom. The molecule has 3 unspecified atom stereocenters. The van der Waals surface area contributed by atoms with Gasteiger partial charge in [-0.05, 0) is 45.7 Å². The van der Waals surface area contributed by atoms with Crippen molar-refractivity contribution in [1.82, 2.24) is 10.2 Å². The standard InChI is InChI=1S/C13H28N2O/c1-5-15-8-6-7-13(10-15)12(3)14-9-11(2)16-4/h11-14H,5-10H2,1-4H3. The number of nitrogens with one attached hydrogen (secondary N) is 1. The highest BCUT2D eigenvalue weighted by atomic mass is 16.5. The first-order chi connectivity index (χ1) is 7.67. The predicted molar refractivity (Wildman–Crippen MR) is 68.8 cm³/mol. The zero-order valence-corrected chi connectivity index (χ0v) is 11.3. The molecule has 1 rings (SSSR count). The van der Waals surface area contributed by atoms with Gasteiger partial charge in [-0.25, -0.2) is 0 Å². The molecule has 1 N–H and O–H groups in total. The van der Waals surface area contributed by atoms with Crippen molar-refractivity contribution in [2.45, 2.75) is 45.8 Å². The molecule has 3 nitrogen and oxygen atoms in total. The van der Waals surface area contributed by atoms with Crippen LogP contribution < -0.4 is 5.32 Å². The number of rotatable bonds is 6. The smallest absolute Gasteiger partial charge is 0.0667 e. The minimum absolute atomic E-state index is 0.313. The number of ether oxygens (including phenoxy) is 1. The van der Waals surface area contributed by atoms with Gasteiger partial charge < -0.3 is 15.0 Å². The normalized spacial score (nSPS) is 26.6. The van der Waals surface area contributed by atoms with E-state index in [9.17, 15) is 0 Å². The molecule has 0 aliphatic carbocycles. The van der Waals surface area contributed by atoms with E-state index >= 15 is 0 Å². The van der Waals surface area contributed by atoms with Gasteiger partial charge in [-0.2, -0.15) is 0 Å². The van der Waals surface area contributed by atoms with Gasteiger partial charge in [-0.15, -0.1) is 0 Å². The van der Waals surface area contributed by atoms with E-state index in [2.05, 4.69) is 31.0 Å². The van der Waals surface area contributed by atoms with Gasteiger partial charge in [0, 0.05) is 26.2 Å². The fourth-order valence-electron chi connectivity index (χ4n) is 2.39. The fraction of sp³-hybridized carbons (Fsp3) is 1.00. The Balaban J connectivity index is 2.27. The van der Waals surface area contributed by atoms with Crippen molar-refractivity contribution >= 4 is 0 Å². The summed E-state index contributed by atoms with van der Waals surface area (Å²) in [5.41, 5.74) is 0. The highest BCUT2D eigenvalue weighted by Crippen LogP contribution is 2.19. The van der Waals surface area contributed by atoms with E-state index in [0.717, 1.165) is 12.5 Å². The van der Waals surface area contributed by atoms with Crippen LogP contribution in [0, 0.1) is 5.92 Å². The molecule has 1 aliphatic heterocycles. The van der Waals surface area contributed by atoms with Crippen molar-refractivity contribution in [3.05, 3.63) is 0 Å². The molecular formula is C13H28N2O. The molecule has 3 heteroatoms. The summed E-state index contributed by atoms with van der Waals surface area (Å²) in [5.74, 6) is 0.803. The molecular weight excluding hydrogens is 200 g/mol. The Labute approximate surface area is 101 Å². The zero-order chi connectivity index (χ0) is 12.0. The first-order valence-corrected chi connectivity index (χ1v) is 6.65. The van der Waals surface area contributed by atoms with E-state index in [1.165, 1.54) is 32.5 Å². The maximum absolute atomic E-state index is 5.26. The van der Waals surface area contributed by atoms with Crippen LogP contribution >= 0.6 is 0 Å². The van der Waals surface area contributed by atoms with Gasteiger partial charge in [0.2, 0.25) is 0 Å². The van der Waals surface area contributed by atoms with Crippen LogP contribution in [-0.4, -0.2) is 50.3 Å². The Hall–Kier alpha value is -0.120. The van der Waals surface area contributed by atoms with Crippen molar-refractivity contribution in [3.8, 4) is 0 Å². The topological polar surface area (TPSA) is 24.5 Å². The first kappa shape index (κ1) is 13.9. The Bertz CT molecular complexity index is 187. The lowest BCUT2D eigenvalue weighted by Crippen LogP contribution is -2.45. The van der Waals surface area contributed by atoms with E-state index in [-0.39, 0.29) is 0 Å². The second kappa shape index (κ2) is 7.25. The van der Waals surface area contributed by atoms with E-state index in [4.69, 9.17) is 4.74 Å². The number of hydrogen-bond acceptors (Lipinski definition) is 3. The quantitative estimate of drug-likeness (QED) is 0.749. The summed E-state index contributed by atoms with van der Waals surface area (Å²) in [6, 6.07) is 0.604. The zero-order valence-electron chi connectivity index (χ0n) is 11.3. The van der Waals surface area contributed by atoms with Crippen molar-refractivity contribution < 1.29 is 4.74 Å². The first-order valence-electron chi connectivity index (χ1n) is 6.65. The molecule has 1 heterocycles. The molecule has 3 atom stereocenters. The number of likely N-dealkylation sites (tertiary alicyclic amines) is 1.